The summed E-state index contributed by atoms with van der Waals surface area (Å²) < 4.78 is 113. The molecule has 0 atom stereocenters. The van der Waals surface area contributed by atoms with E-state index in [-0.39, 0.29) is 50.6 Å². The Labute approximate surface area is 604 Å². The molecule has 0 radical (unpaired) electrons. The monoisotopic (exact) mass is 1450 g/mol. The average molecular weight is 1450 g/mol. The molecular weight excluding hydrogens is 1370 g/mol. The van der Waals surface area contributed by atoms with Crippen molar-refractivity contribution in [2.75, 3.05) is 45.9 Å². The molecule has 17 nitrogen and oxygen atoms in total. The second kappa shape index (κ2) is 28.2. The highest BCUT2D eigenvalue weighted by Gasteiger charge is 2.34. The normalized spacial score (nSPS) is 16.1. The van der Waals surface area contributed by atoms with Gasteiger partial charge in [-0.05, 0) is 230 Å². The fourth-order valence-corrected chi connectivity index (χ4v) is 16.9. The van der Waals surface area contributed by atoms with Crippen LogP contribution in [0.1, 0.15) is 124 Å². The lowest BCUT2D eigenvalue weighted by Crippen LogP contribution is -2.17. The Morgan fingerprint density at radius 2 is 0.876 bits per heavy atom. The van der Waals surface area contributed by atoms with E-state index in [0.29, 0.717) is 65.0 Å². The number of hydrogen-bond donors (Lipinski definition) is 2. The number of aromatic nitrogens is 4. The molecule has 6 aliphatic rings. The van der Waals surface area contributed by atoms with Crippen molar-refractivity contribution in [2.24, 2.45) is 20.1 Å². The summed E-state index contributed by atoms with van der Waals surface area (Å²) in [6, 6.07) is 50.0. The number of nitrogens with zero attached hydrogens (tertiary/aromatic N) is 7. The molecule has 18 rings (SSSR count). The SMILES string of the molecule is CC1=NCc2cc3c(-c4ccc(C(=O)O)cc4)c(C4CCOCC4)n(-c4ccc(F)cc4)c3cc21.CS(=O)(=O)c1ccc(-c2c(C3CCOCC3)n(-c3ccc(F)cc3)c3cc4c(cc23)CN=C4)nc1.NS(=O)(=O)c1ccc(-c2c(C3CCOCC3)n(-c3ccc(F)cc3)c3cc4c(cc23)CN=C4)cc1. The molecule has 12 aromatic rings. The molecule has 0 aliphatic carbocycles. The van der Waals surface area contributed by atoms with E-state index in [2.05, 4.69) is 70.1 Å². The van der Waals surface area contributed by atoms with Gasteiger partial charge in [-0.1, -0.05) is 24.3 Å². The Morgan fingerprint density at radius 3 is 1.28 bits per heavy atom. The Morgan fingerprint density at radius 1 is 0.486 bits per heavy atom. The third-order valence-electron chi connectivity index (χ3n) is 21.0. The molecule has 3 N–H and O–H groups in total. The number of aromatic carboxylic acids is 1. The minimum absolute atomic E-state index is 0.0745. The molecule has 3 fully saturated rings. The molecule has 10 heterocycles. The zero-order valence-corrected chi connectivity index (χ0v) is 59.2. The topological polar surface area (TPSA) is 224 Å². The predicted molar refractivity (Wildman–Crippen MR) is 402 cm³/mol. The zero-order chi connectivity index (χ0) is 72.4. The number of rotatable bonds is 12. The maximum atomic E-state index is 13.9. The molecule has 3 saturated heterocycles. The number of sulfonamides is 1. The summed E-state index contributed by atoms with van der Waals surface area (Å²) in [6.07, 6.45) is 11.6. The van der Waals surface area contributed by atoms with Gasteiger partial charge in [0, 0.05) is 161 Å². The summed E-state index contributed by atoms with van der Waals surface area (Å²) in [7, 11) is -7.16. The van der Waals surface area contributed by atoms with E-state index in [1.165, 1.54) is 54.4 Å². The van der Waals surface area contributed by atoms with Crippen molar-refractivity contribution >= 4 is 76.7 Å². The summed E-state index contributed by atoms with van der Waals surface area (Å²) in [5.41, 5.74) is 22.8. The van der Waals surface area contributed by atoms with Gasteiger partial charge in [0.2, 0.25) is 10.0 Å². The van der Waals surface area contributed by atoms with Crippen molar-refractivity contribution < 1.29 is 54.1 Å². The fraction of sp³-hybridized carbons (Fsp3) is 0.241. The predicted octanol–water partition coefficient (Wildman–Crippen LogP) is 16.3. The van der Waals surface area contributed by atoms with Crippen molar-refractivity contribution in [3.8, 4) is 50.6 Å². The summed E-state index contributed by atoms with van der Waals surface area (Å²) in [4.78, 5) is 29.9. The average Bonchev–Trinajstić information content (AvgIpc) is 1.58. The summed E-state index contributed by atoms with van der Waals surface area (Å²) in [6.45, 7) is 7.99. The zero-order valence-electron chi connectivity index (χ0n) is 57.6. The molecule has 22 heteroatoms. The number of benzene rings is 8. The summed E-state index contributed by atoms with van der Waals surface area (Å²) in [5.74, 6) is -1.12. The molecule has 105 heavy (non-hydrogen) atoms. The second-order valence-electron chi connectivity index (χ2n) is 27.5. The molecule has 532 valence electrons. The number of carboxylic acids is 1. The van der Waals surface area contributed by atoms with E-state index in [9.17, 15) is 39.9 Å². The van der Waals surface area contributed by atoms with Crippen molar-refractivity contribution in [1.29, 1.82) is 0 Å². The number of carboxylic acid groups (broad SMARTS) is 1. The third kappa shape index (κ3) is 13.3. The fourth-order valence-electron chi connectivity index (χ4n) is 15.9. The van der Waals surface area contributed by atoms with Gasteiger partial charge in [0.05, 0.1) is 57.2 Å². The highest BCUT2D eigenvalue weighted by Crippen LogP contribution is 2.49. The van der Waals surface area contributed by atoms with Crippen LogP contribution >= 0.6 is 0 Å². The minimum atomic E-state index is -3.80. The van der Waals surface area contributed by atoms with Crippen LogP contribution in [0.5, 0.6) is 0 Å². The van der Waals surface area contributed by atoms with Gasteiger partial charge in [-0.15, -0.1) is 0 Å². The van der Waals surface area contributed by atoms with Crippen molar-refractivity contribution in [3.63, 3.8) is 0 Å². The lowest BCUT2D eigenvalue weighted by molar-refractivity contribution is 0.0696. The highest BCUT2D eigenvalue weighted by atomic mass is 32.2. The van der Waals surface area contributed by atoms with Gasteiger partial charge in [0.1, 0.15) is 17.5 Å². The van der Waals surface area contributed by atoms with Crippen LogP contribution in [0.25, 0.3) is 83.3 Å². The highest BCUT2D eigenvalue weighted by molar-refractivity contribution is 7.90. The van der Waals surface area contributed by atoms with Crippen molar-refractivity contribution in [3.05, 3.63) is 250 Å². The number of fused-ring (bicyclic) bond motifs is 6. The number of ether oxygens (including phenoxy) is 3. The smallest absolute Gasteiger partial charge is 0.335 e. The first kappa shape index (κ1) is 68.9. The molecular formula is C83H73F3N8O9S2. The van der Waals surface area contributed by atoms with Gasteiger partial charge in [-0.2, -0.15) is 0 Å². The lowest BCUT2D eigenvalue weighted by Gasteiger charge is -2.26. The lowest BCUT2D eigenvalue weighted by atomic mass is 9.89. The van der Waals surface area contributed by atoms with Crippen LogP contribution in [0.3, 0.4) is 0 Å². The number of halogens is 3. The van der Waals surface area contributed by atoms with Crippen LogP contribution in [0.15, 0.2) is 201 Å². The molecule has 8 aromatic carbocycles. The molecule has 0 amide bonds. The van der Waals surface area contributed by atoms with Crippen LogP contribution in [0, 0.1) is 17.5 Å². The number of pyridine rings is 1. The maximum absolute atomic E-state index is 13.9. The minimum Gasteiger partial charge on any atom is -0.478 e. The molecule has 0 saturated carbocycles. The van der Waals surface area contributed by atoms with E-state index in [4.69, 9.17) is 19.3 Å². The van der Waals surface area contributed by atoms with Gasteiger partial charge in [-0.3, -0.25) is 20.0 Å². The van der Waals surface area contributed by atoms with Crippen LogP contribution in [0.4, 0.5) is 13.2 Å². The Hall–Kier alpha value is -10.5. The standard InChI is InChI=1S/C29H25FN2O3.2C27H24FN3O3S/c1-17-24-15-26-25(14-21(24)16-31-17)27(18-2-4-20(5-3-18)29(33)34)28(19-10-12-35-13-11-19)32(26)23-8-6-22(30)7-9-23;28-21-3-5-22(6-4-21)31-25-14-20-16-30-15-19(20)13-24(25)26(27(31)18-9-11-34-12-10-18)17-1-7-23(8-2-17)35(29,32)33;1-35(32,33)22-6-7-24(30-16-22)26-23-12-18-14-29-15-19(18)13-25(23)31(21-4-2-20(28)3-5-21)27(26)17-8-10-34-11-9-17/h2-9,14-15,19H,10-13,16H2,1H3,(H,33,34);1-8,13-14,16,18H,9-12,15H2,(H2,29,32,33);2-7,12-13,15-17H,8-11,14H2,1H3. The Balaban J connectivity index is 0.000000121. The van der Waals surface area contributed by atoms with E-state index >= 15 is 0 Å². The number of sulfone groups is 1. The summed E-state index contributed by atoms with van der Waals surface area (Å²) >= 11 is 0. The molecule has 0 unspecified atom stereocenters. The quantitative estimate of drug-likeness (QED) is 0.118. The van der Waals surface area contributed by atoms with Gasteiger partial charge in [-0.25, -0.2) is 39.9 Å². The number of nitrogens with two attached hydrogens (primary N) is 1. The van der Waals surface area contributed by atoms with Crippen LogP contribution in [-0.4, -0.2) is 111 Å². The second-order valence-corrected chi connectivity index (χ2v) is 31.1. The number of hydrogen-bond acceptors (Lipinski definition) is 12. The van der Waals surface area contributed by atoms with Crippen molar-refractivity contribution in [1.82, 2.24) is 18.7 Å². The van der Waals surface area contributed by atoms with E-state index in [1.54, 1.807) is 60.7 Å². The molecule has 6 aliphatic heterocycles. The molecule has 0 spiro atoms. The Kier molecular flexibility index (Phi) is 18.5. The largest absolute Gasteiger partial charge is 0.478 e. The van der Waals surface area contributed by atoms with Gasteiger partial charge < -0.3 is 33.0 Å². The van der Waals surface area contributed by atoms with E-state index in [0.717, 1.165) is 167 Å². The summed E-state index contributed by atoms with van der Waals surface area (Å²) in [5, 5.41) is 18.0. The number of primary sulfonamides is 1. The maximum Gasteiger partial charge on any atom is 0.335 e. The number of aliphatic imine (C=N–C) groups is 3. The first-order valence-corrected chi connectivity index (χ1v) is 38.5. The molecule has 4 aromatic heterocycles. The van der Waals surface area contributed by atoms with Gasteiger partial charge in [0.15, 0.2) is 9.84 Å². The number of carbonyl (C=O) groups is 1. The van der Waals surface area contributed by atoms with Crippen LogP contribution < -0.4 is 5.14 Å². The van der Waals surface area contributed by atoms with E-state index < -0.39 is 25.8 Å². The van der Waals surface area contributed by atoms with Crippen molar-refractivity contribution in [2.45, 2.75) is 92.6 Å². The third-order valence-corrected chi connectivity index (χ3v) is 23.0. The van der Waals surface area contributed by atoms with Crippen LogP contribution in [-0.2, 0) is 53.7 Å². The molecule has 0 bridgehead atoms. The first-order chi connectivity index (χ1) is 50.8. The van der Waals surface area contributed by atoms with Gasteiger partial charge >= 0.3 is 5.97 Å². The van der Waals surface area contributed by atoms with Gasteiger partial charge in [0.25, 0.3) is 0 Å². The van der Waals surface area contributed by atoms with Crippen LogP contribution in [0.2, 0.25) is 0 Å². The first-order valence-electron chi connectivity index (χ1n) is 35.1. The van der Waals surface area contributed by atoms with E-state index in [1.807, 2.05) is 55.8 Å². The Bertz CT molecular complexity index is 5500.